The van der Waals surface area contributed by atoms with Gasteiger partial charge in [0.05, 0.1) is 33.8 Å². The molecule has 9 heteroatoms. The van der Waals surface area contributed by atoms with Crippen molar-refractivity contribution in [3.05, 3.63) is 128 Å². The van der Waals surface area contributed by atoms with Crippen molar-refractivity contribution in [2.24, 2.45) is 0 Å². The molecule has 2 N–H and O–H groups in total. The van der Waals surface area contributed by atoms with Gasteiger partial charge in [-0.05, 0) is 42.3 Å². The van der Waals surface area contributed by atoms with Crippen LogP contribution in [-0.2, 0) is 0 Å². The summed E-state index contributed by atoms with van der Waals surface area (Å²) >= 11 is 7.14. The number of aromatic nitrogens is 4. The third kappa shape index (κ3) is 4.19. The number of hydrogen-bond donors (Lipinski definition) is 2. The summed E-state index contributed by atoms with van der Waals surface area (Å²) in [5, 5.41) is 14.3. The number of nitrogens with zero attached hydrogens (tertiary/aromatic N) is 4. The van der Waals surface area contributed by atoms with E-state index in [-0.39, 0.29) is 11.0 Å². The smallest absolute Gasteiger partial charge is 0.263 e. The highest BCUT2D eigenvalue weighted by atomic mass is 35.5. The van der Waals surface area contributed by atoms with Crippen molar-refractivity contribution in [3.63, 3.8) is 0 Å². The summed E-state index contributed by atoms with van der Waals surface area (Å²) in [6, 6.07) is 24.9. The third-order valence-corrected chi connectivity index (χ3v) is 7.23. The van der Waals surface area contributed by atoms with Gasteiger partial charge in [0.25, 0.3) is 5.56 Å². The highest BCUT2D eigenvalue weighted by molar-refractivity contribution is 6.36. The van der Waals surface area contributed by atoms with Crippen molar-refractivity contribution in [1.82, 2.24) is 19.5 Å². The molecule has 0 amide bonds. The predicted octanol–water partition coefficient (Wildman–Crippen LogP) is 5.99. The van der Waals surface area contributed by atoms with Crippen molar-refractivity contribution < 1.29 is 0 Å². The molecular formula is C31H21ClN6O2. The van der Waals surface area contributed by atoms with Crippen molar-refractivity contribution in [2.45, 2.75) is 13.0 Å². The van der Waals surface area contributed by atoms with Crippen LogP contribution in [0.5, 0.6) is 0 Å². The number of halogens is 1. The summed E-state index contributed by atoms with van der Waals surface area (Å²) in [5.41, 5.74) is 3.10. The number of H-pyrrole nitrogens is 1. The zero-order valence-corrected chi connectivity index (χ0v) is 22.0. The van der Waals surface area contributed by atoms with Crippen molar-refractivity contribution in [2.75, 3.05) is 5.32 Å². The van der Waals surface area contributed by atoms with Gasteiger partial charge in [-0.15, -0.1) is 0 Å². The summed E-state index contributed by atoms with van der Waals surface area (Å²) < 4.78 is 1.60. The molecule has 3 aromatic carbocycles. The Kier molecular flexibility index (Phi) is 6.34. The Hall–Kier alpha value is -5.26. The van der Waals surface area contributed by atoms with E-state index in [0.29, 0.717) is 55.2 Å². The van der Waals surface area contributed by atoms with Crippen LogP contribution in [0.2, 0.25) is 5.02 Å². The number of para-hydroxylation sites is 1. The van der Waals surface area contributed by atoms with Gasteiger partial charge in [0, 0.05) is 23.3 Å². The van der Waals surface area contributed by atoms with Crippen LogP contribution in [0.3, 0.4) is 0 Å². The van der Waals surface area contributed by atoms with Gasteiger partial charge in [-0.25, -0.2) is 9.97 Å². The maximum atomic E-state index is 14.4. The van der Waals surface area contributed by atoms with E-state index in [1.807, 2.05) is 67.6 Å². The molecule has 1 atom stereocenters. The monoisotopic (exact) mass is 544 g/mol. The van der Waals surface area contributed by atoms with Crippen LogP contribution in [0.4, 0.5) is 5.82 Å². The number of anilines is 1. The second-order valence-electron chi connectivity index (χ2n) is 9.25. The molecule has 0 saturated carbocycles. The molecule has 0 radical (unpaired) electrons. The molecule has 40 heavy (non-hydrogen) atoms. The average Bonchev–Trinajstić information content (AvgIpc) is 2.99. The van der Waals surface area contributed by atoms with Crippen molar-refractivity contribution in [1.29, 1.82) is 5.26 Å². The number of rotatable bonds is 5. The number of fused-ring (bicyclic) bond motifs is 2. The van der Waals surface area contributed by atoms with E-state index in [1.54, 1.807) is 16.7 Å². The molecular weight excluding hydrogens is 524 g/mol. The molecule has 3 aromatic heterocycles. The topological polar surface area (TPSA) is 116 Å². The van der Waals surface area contributed by atoms with E-state index in [2.05, 4.69) is 26.3 Å². The first-order chi connectivity index (χ1) is 19.5. The van der Waals surface area contributed by atoms with E-state index < -0.39 is 6.04 Å². The minimum atomic E-state index is -0.541. The molecule has 3 heterocycles. The van der Waals surface area contributed by atoms with Crippen LogP contribution in [0, 0.1) is 11.3 Å². The maximum absolute atomic E-state index is 14.4. The molecule has 0 aliphatic heterocycles. The summed E-state index contributed by atoms with van der Waals surface area (Å²) in [7, 11) is 0. The van der Waals surface area contributed by atoms with E-state index in [9.17, 15) is 14.9 Å². The van der Waals surface area contributed by atoms with Gasteiger partial charge in [0.2, 0.25) is 0 Å². The Morgan fingerprint density at radius 3 is 2.48 bits per heavy atom. The van der Waals surface area contributed by atoms with E-state index in [1.165, 1.54) is 18.6 Å². The number of aromatic amines is 1. The van der Waals surface area contributed by atoms with Gasteiger partial charge < -0.3 is 10.3 Å². The molecule has 0 bridgehead atoms. The summed E-state index contributed by atoms with van der Waals surface area (Å²) in [5.74, 6) is 0.328. The van der Waals surface area contributed by atoms with Gasteiger partial charge in [0.15, 0.2) is 5.43 Å². The summed E-state index contributed by atoms with van der Waals surface area (Å²) in [6.07, 6.45) is 2.90. The van der Waals surface area contributed by atoms with Crippen LogP contribution >= 0.6 is 11.6 Å². The normalized spacial score (nSPS) is 11.8. The Morgan fingerprint density at radius 1 is 0.950 bits per heavy atom. The Morgan fingerprint density at radius 2 is 1.73 bits per heavy atom. The first-order valence-corrected chi connectivity index (χ1v) is 12.9. The number of hydrogen-bond acceptors (Lipinski definition) is 6. The average molecular weight is 545 g/mol. The van der Waals surface area contributed by atoms with E-state index in [0.717, 1.165) is 5.56 Å². The van der Waals surface area contributed by atoms with Crippen molar-refractivity contribution in [3.8, 4) is 22.9 Å². The molecule has 0 unspecified atom stereocenters. The Balaban J connectivity index is 1.61. The SMILES string of the molecule is C[C@H](Nc1ncnc2[nH]ccc(=O)c12)c1c(Cl)c2cccc(-c3ccc(C#N)cc3)c2c(=O)n1-c1ccccc1. The van der Waals surface area contributed by atoms with Crippen LogP contribution in [0.1, 0.15) is 24.2 Å². The Bertz CT molecular complexity index is 2060. The third-order valence-electron chi connectivity index (χ3n) is 6.83. The Labute approximate surface area is 233 Å². The molecule has 194 valence electrons. The largest absolute Gasteiger partial charge is 0.361 e. The second-order valence-corrected chi connectivity index (χ2v) is 9.62. The summed E-state index contributed by atoms with van der Waals surface area (Å²) in [6.45, 7) is 1.86. The summed E-state index contributed by atoms with van der Waals surface area (Å²) in [4.78, 5) is 38.5. The molecule has 0 fully saturated rings. The van der Waals surface area contributed by atoms with Crippen LogP contribution in [-0.4, -0.2) is 19.5 Å². The minimum Gasteiger partial charge on any atom is -0.361 e. The minimum absolute atomic E-state index is 0.235. The standard InChI is InChI=1S/C31H21ClN6O2/c1-18(37-30-26-24(39)14-15-34-29(26)35-17-36-30)28-27(32)23-9-5-8-22(20-12-10-19(16-33)11-13-20)25(23)31(40)38(28)21-6-3-2-4-7-21/h2-15,17-18H,1H3,(H2,34,35,36,37,39)/t18-/m0/s1. The second kappa shape index (κ2) is 10.1. The number of pyridine rings is 2. The van der Waals surface area contributed by atoms with Crippen LogP contribution < -0.4 is 16.3 Å². The lowest BCUT2D eigenvalue weighted by Gasteiger charge is -2.24. The lowest BCUT2D eigenvalue weighted by molar-refractivity contribution is 0.774. The zero-order chi connectivity index (χ0) is 27.8. The lowest BCUT2D eigenvalue weighted by atomic mass is 9.97. The molecule has 0 saturated heterocycles. The molecule has 0 aliphatic carbocycles. The molecule has 0 aliphatic rings. The molecule has 0 spiro atoms. The molecule has 8 nitrogen and oxygen atoms in total. The molecule has 6 rings (SSSR count). The van der Waals surface area contributed by atoms with Crippen molar-refractivity contribution >= 4 is 39.2 Å². The quantitative estimate of drug-likeness (QED) is 0.275. The predicted molar refractivity (Wildman–Crippen MR) is 157 cm³/mol. The van der Waals surface area contributed by atoms with Gasteiger partial charge in [-0.3, -0.25) is 14.2 Å². The van der Waals surface area contributed by atoms with E-state index >= 15 is 0 Å². The van der Waals surface area contributed by atoms with Gasteiger partial charge in [-0.2, -0.15) is 5.26 Å². The molecule has 6 aromatic rings. The van der Waals surface area contributed by atoms with Gasteiger partial charge >= 0.3 is 0 Å². The lowest BCUT2D eigenvalue weighted by Crippen LogP contribution is -2.27. The van der Waals surface area contributed by atoms with E-state index in [4.69, 9.17) is 11.6 Å². The fourth-order valence-electron chi connectivity index (χ4n) is 5.00. The zero-order valence-electron chi connectivity index (χ0n) is 21.2. The first-order valence-electron chi connectivity index (χ1n) is 12.5. The number of nitrogens with one attached hydrogen (secondary N) is 2. The number of benzene rings is 3. The maximum Gasteiger partial charge on any atom is 0.263 e. The van der Waals surface area contributed by atoms with Crippen LogP contribution in [0.15, 0.2) is 101 Å². The van der Waals surface area contributed by atoms with Crippen LogP contribution in [0.25, 0.3) is 38.6 Å². The fraction of sp³-hybridized carbons (Fsp3) is 0.0645. The fourth-order valence-corrected chi connectivity index (χ4v) is 5.40. The highest BCUT2D eigenvalue weighted by Gasteiger charge is 2.24. The number of nitriles is 1. The first kappa shape index (κ1) is 25.0. The van der Waals surface area contributed by atoms with Gasteiger partial charge in [-0.1, -0.05) is 60.1 Å². The van der Waals surface area contributed by atoms with Gasteiger partial charge in [0.1, 0.15) is 23.2 Å². The highest BCUT2D eigenvalue weighted by Crippen LogP contribution is 2.36.